The lowest BCUT2D eigenvalue weighted by atomic mass is 9.86. The first kappa shape index (κ1) is 11.8. The van der Waals surface area contributed by atoms with Gasteiger partial charge in [0.25, 0.3) is 0 Å². The number of nitrogens with two attached hydrogens (primary N) is 1. The molecule has 1 aliphatic rings. The van der Waals surface area contributed by atoms with Crippen molar-refractivity contribution in [3.63, 3.8) is 0 Å². The van der Waals surface area contributed by atoms with Gasteiger partial charge < -0.3 is 15.2 Å². The number of para-hydroxylation sites is 1. The second kappa shape index (κ2) is 5.08. The smallest absolute Gasteiger partial charge is 0.340 e. The van der Waals surface area contributed by atoms with Crippen molar-refractivity contribution in [3.8, 4) is 5.75 Å². The first-order valence-electron chi connectivity index (χ1n) is 5.82. The molecule has 0 unspecified atom stereocenters. The molecule has 1 aromatic carbocycles. The first-order chi connectivity index (χ1) is 8.22. The Bertz CT molecular complexity index is 413. The molecule has 0 saturated heterocycles. The molecule has 0 spiro atoms. The summed E-state index contributed by atoms with van der Waals surface area (Å²) in [5, 5.41) is 0. The second-order valence-corrected chi connectivity index (χ2v) is 4.32. The van der Waals surface area contributed by atoms with Gasteiger partial charge in [-0.1, -0.05) is 12.5 Å². The number of nitrogen functional groups attached to an aromatic ring is 1. The Kier molecular flexibility index (Phi) is 3.52. The molecule has 2 rings (SSSR count). The van der Waals surface area contributed by atoms with Gasteiger partial charge in [0.15, 0.2) is 0 Å². The van der Waals surface area contributed by atoms with Gasteiger partial charge in [0, 0.05) is 0 Å². The summed E-state index contributed by atoms with van der Waals surface area (Å²) in [5.74, 6) is 0.669. The van der Waals surface area contributed by atoms with Crippen molar-refractivity contribution in [3.05, 3.63) is 23.8 Å². The lowest BCUT2D eigenvalue weighted by Crippen LogP contribution is -2.20. The average Bonchev–Trinajstić information content (AvgIpc) is 2.27. The van der Waals surface area contributed by atoms with Gasteiger partial charge in [-0.3, -0.25) is 0 Å². The molecular formula is C13H17NO3. The van der Waals surface area contributed by atoms with Crippen molar-refractivity contribution in [2.24, 2.45) is 5.92 Å². The SMILES string of the molecule is COc1cccc(C(=O)OCC2CCC2)c1N. The van der Waals surface area contributed by atoms with E-state index in [1.165, 1.54) is 13.5 Å². The summed E-state index contributed by atoms with van der Waals surface area (Å²) in [5.41, 5.74) is 6.54. The van der Waals surface area contributed by atoms with Crippen LogP contribution >= 0.6 is 0 Å². The molecule has 1 saturated carbocycles. The molecule has 0 aromatic heterocycles. The standard InChI is InChI=1S/C13H17NO3/c1-16-11-7-3-6-10(12(11)14)13(15)17-8-9-4-2-5-9/h3,6-7,9H,2,4-5,8,14H2,1H3. The minimum Gasteiger partial charge on any atom is -0.495 e. The highest BCUT2D eigenvalue weighted by atomic mass is 16.5. The van der Waals surface area contributed by atoms with E-state index < -0.39 is 0 Å². The number of esters is 1. The van der Waals surface area contributed by atoms with Gasteiger partial charge in [-0.15, -0.1) is 0 Å². The Hall–Kier alpha value is -1.71. The highest BCUT2D eigenvalue weighted by molar-refractivity contribution is 5.96. The molecule has 1 aliphatic carbocycles. The highest BCUT2D eigenvalue weighted by Crippen LogP contribution is 2.28. The summed E-state index contributed by atoms with van der Waals surface area (Å²) in [6, 6.07) is 5.11. The number of hydrogen-bond acceptors (Lipinski definition) is 4. The van der Waals surface area contributed by atoms with E-state index in [0.29, 0.717) is 29.5 Å². The van der Waals surface area contributed by atoms with Crippen molar-refractivity contribution in [2.75, 3.05) is 19.5 Å². The van der Waals surface area contributed by atoms with E-state index in [9.17, 15) is 4.79 Å². The molecule has 0 bridgehead atoms. The van der Waals surface area contributed by atoms with E-state index in [1.807, 2.05) is 0 Å². The topological polar surface area (TPSA) is 61.5 Å². The summed E-state index contributed by atoms with van der Waals surface area (Å²) >= 11 is 0. The normalized spacial score (nSPS) is 15.1. The summed E-state index contributed by atoms with van der Waals surface area (Å²) in [6.07, 6.45) is 3.55. The Balaban J connectivity index is 2.02. The molecule has 4 heteroatoms. The molecule has 1 aromatic rings. The van der Waals surface area contributed by atoms with Crippen LogP contribution in [0.3, 0.4) is 0 Å². The maximum Gasteiger partial charge on any atom is 0.340 e. The summed E-state index contributed by atoms with van der Waals surface area (Å²) in [7, 11) is 1.52. The minimum atomic E-state index is -0.367. The van der Waals surface area contributed by atoms with Gasteiger partial charge in [-0.25, -0.2) is 4.79 Å². The number of rotatable bonds is 4. The van der Waals surface area contributed by atoms with Crippen LogP contribution < -0.4 is 10.5 Å². The summed E-state index contributed by atoms with van der Waals surface area (Å²) in [6.45, 7) is 0.496. The first-order valence-corrected chi connectivity index (χ1v) is 5.82. The number of ether oxygens (including phenoxy) is 2. The molecule has 0 amide bonds. The number of carbonyl (C=O) groups is 1. The molecule has 0 aliphatic heterocycles. The number of anilines is 1. The lowest BCUT2D eigenvalue weighted by molar-refractivity contribution is 0.0372. The van der Waals surface area contributed by atoms with Crippen LogP contribution in [0.4, 0.5) is 5.69 Å². The maximum atomic E-state index is 11.8. The third kappa shape index (κ3) is 2.52. The van der Waals surface area contributed by atoms with E-state index in [0.717, 1.165) is 12.8 Å². The van der Waals surface area contributed by atoms with Crippen molar-refractivity contribution in [1.82, 2.24) is 0 Å². The molecule has 0 radical (unpaired) electrons. The van der Waals surface area contributed by atoms with Gasteiger partial charge >= 0.3 is 5.97 Å². The van der Waals surface area contributed by atoms with E-state index in [2.05, 4.69) is 0 Å². The Morgan fingerprint density at radius 3 is 2.82 bits per heavy atom. The number of hydrogen-bond donors (Lipinski definition) is 1. The van der Waals surface area contributed by atoms with E-state index >= 15 is 0 Å². The van der Waals surface area contributed by atoms with E-state index in [4.69, 9.17) is 15.2 Å². The second-order valence-electron chi connectivity index (χ2n) is 4.32. The zero-order chi connectivity index (χ0) is 12.3. The zero-order valence-corrected chi connectivity index (χ0v) is 9.94. The monoisotopic (exact) mass is 235 g/mol. The van der Waals surface area contributed by atoms with Crippen LogP contribution in [0.15, 0.2) is 18.2 Å². The fourth-order valence-electron chi connectivity index (χ4n) is 1.83. The fraction of sp³-hybridized carbons (Fsp3) is 0.462. The van der Waals surface area contributed by atoms with Crippen LogP contribution in [-0.4, -0.2) is 19.7 Å². The number of methoxy groups -OCH3 is 1. The van der Waals surface area contributed by atoms with Crippen LogP contribution in [0.1, 0.15) is 29.6 Å². The average molecular weight is 235 g/mol. The van der Waals surface area contributed by atoms with E-state index in [-0.39, 0.29) is 5.97 Å². The molecule has 2 N–H and O–H groups in total. The van der Waals surface area contributed by atoms with Crippen molar-refractivity contribution >= 4 is 11.7 Å². The Labute approximate surface area is 101 Å². The van der Waals surface area contributed by atoms with Gasteiger partial charge in [0.1, 0.15) is 5.75 Å². The zero-order valence-electron chi connectivity index (χ0n) is 9.94. The van der Waals surface area contributed by atoms with Gasteiger partial charge in [-0.2, -0.15) is 0 Å². The summed E-state index contributed by atoms with van der Waals surface area (Å²) < 4.78 is 10.3. The van der Waals surface area contributed by atoms with Crippen molar-refractivity contribution in [2.45, 2.75) is 19.3 Å². The molecule has 92 valence electrons. The molecule has 0 heterocycles. The molecule has 4 nitrogen and oxygen atoms in total. The van der Waals surface area contributed by atoms with Crippen molar-refractivity contribution in [1.29, 1.82) is 0 Å². The largest absolute Gasteiger partial charge is 0.495 e. The molecule has 0 atom stereocenters. The highest BCUT2D eigenvalue weighted by Gasteiger charge is 2.21. The quantitative estimate of drug-likeness (QED) is 0.642. The molecular weight excluding hydrogens is 218 g/mol. The van der Waals surface area contributed by atoms with Gasteiger partial charge in [0.05, 0.1) is 25.0 Å². The number of benzene rings is 1. The van der Waals surface area contributed by atoms with E-state index in [1.54, 1.807) is 18.2 Å². The maximum absolute atomic E-state index is 11.8. The molecule has 1 fully saturated rings. The fourth-order valence-corrected chi connectivity index (χ4v) is 1.83. The van der Waals surface area contributed by atoms with Crippen LogP contribution in [0.2, 0.25) is 0 Å². The molecule has 17 heavy (non-hydrogen) atoms. The van der Waals surface area contributed by atoms with Crippen LogP contribution in [0.5, 0.6) is 5.75 Å². The van der Waals surface area contributed by atoms with Crippen LogP contribution in [0, 0.1) is 5.92 Å². The predicted molar refractivity (Wildman–Crippen MR) is 65.0 cm³/mol. The third-order valence-corrected chi connectivity index (χ3v) is 3.18. The van der Waals surface area contributed by atoms with Crippen LogP contribution in [0.25, 0.3) is 0 Å². The Morgan fingerprint density at radius 2 is 2.24 bits per heavy atom. The van der Waals surface area contributed by atoms with Gasteiger partial charge in [-0.05, 0) is 30.9 Å². The summed E-state index contributed by atoms with van der Waals surface area (Å²) in [4.78, 5) is 11.8. The number of carbonyl (C=O) groups excluding carboxylic acids is 1. The Morgan fingerprint density at radius 1 is 1.47 bits per heavy atom. The lowest BCUT2D eigenvalue weighted by Gasteiger charge is -2.24. The van der Waals surface area contributed by atoms with Crippen molar-refractivity contribution < 1.29 is 14.3 Å². The third-order valence-electron chi connectivity index (χ3n) is 3.18. The van der Waals surface area contributed by atoms with Gasteiger partial charge in [0.2, 0.25) is 0 Å². The van der Waals surface area contributed by atoms with Crippen LogP contribution in [-0.2, 0) is 4.74 Å². The minimum absolute atomic E-state index is 0.341. The predicted octanol–water partition coefficient (Wildman–Crippen LogP) is 2.23.